The van der Waals surface area contributed by atoms with Gasteiger partial charge in [-0.1, -0.05) is 24.3 Å². The zero-order valence-electron chi connectivity index (χ0n) is 13.4. The van der Waals surface area contributed by atoms with Gasteiger partial charge in [-0.05, 0) is 80.1 Å². The number of benzene rings is 2. The molecule has 1 aliphatic rings. The SMILES string of the molecule is CC(C)(C)Oc1ccc2c(c1)CCC=C2c1ccc(O)cc1. The first-order valence-electron chi connectivity index (χ1n) is 7.74. The molecule has 3 rings (SSSR count). The van der Waals surface area contributed by atoms with Gasteiger partial charge in [0.1, 0.15) is 17.1 Å². The molecule has 0 heterocycles. The van der Waals surface area contributed by atoms with Gasteiger partial charge in [0.05, 0.1) is 0 Å². The van der Waals surface area contributed by atoms with E-state index >= 15 is 0 Å². The molecule has 1 N–H and O–H groups in total. The summed E-state index contributed by atoms with van der Waals surface area (Å²) in [6.45, 7) is 6.19. The molecule has 2 heteroatoms. The zero-order valence-corrected chi connectivity index (χ0v) is 13.4. The molecule has 0 spiro atoms. The predicted octanol–water partition coefficient (Wildman–Crippen LogP) is 4.95. The fourth-order valence-electron chi connectivity index (χ4n) is 2.85. The second kappa shape index (κ2) is 5.53. The van der Waals surface area contributed by atoms with Gasteiger partial charge in [0.15, 0.2) is 0 Å². The van der Waals surface area contributed by atoms with Gasteiger partial charge in [-0.25, -0.2) is 0 Å². The summed E-state index contributed by atoms with van der Waals surface area (Å²) in [6.07, 6.45) is 4.35. The van der Waals surface area contributed by atoms with Gasteiger partial charge in [0.2, 0.25) is 0 Å². The Balaban J connectivity index is 1.95. The van der Waals surface area contributed by atoms with Crippen molar-refractivity contribution in [2.45, 2.75) is 39.2 Å². The van der Waals surface area contributed by atoms with Crippen molar-refractivity contribution >= 4 is 5.57 Å². The maximum atomic E-state index is 9.46. The number of hydrogen-bond acceptors (Lipinski definition) is 2. The summed E-state index contributed by atoms with van der Waals surface area (Å²) in [4.78, 5) is 0. The molecule has 1 aliphatic carbocycles. The van der Waals surface area contributed by atoms with Crippen LogP contribution in [-0.4, -0.2) is 10.7 Å². The maximum absolute atomic E-state index is 9.46. The fourth-order valence-corrected chi connectivity index (χ4v) is 2.85. The van der Waals surface area contributed by atoms with Crippen molar-refractivity contribution in [3.05, 3.63) is 65.2 Å². The number of fused-ring (bicyclic) bond motifs is 1. The van der Waals surface area contributed by atoms with Crippen molar-refractivity contribution in [1.82, 2.24) is 0 Å². The molecule has 0 aromatic heterocycles. The van der Waals surface area contributed by atoms with E-state index in [1.165, 1.54) is 16.7 Å². The summed E-state index contributed by atoms with van der Waals surface area (Å²) in [5.41, 5.74) is 4.79. The Morgan fingerprint density at radius 2 is 1.73 bits per heavy atom. The van der Waals surface area contributed by atoms with E-state index in [2.05, 4.69) is 39.0 Å². The van der Waals surface area contributed by atoms with Crippen molar-refractivity contribution in [2.24, 2.45) is 0 Å². The largest absolute Gasteiger partial charge is 0.508 e. The van der Waals surface area contributed by atoms with Crippen molar-refractivity contribution in [1.29, 1.82) is 0 Å². The highest BCUT2D eigenvalue weighted by Crippen LogP contribution is 2.34. The number of aryl methyl sites for hydroxylation is 1. The highest BCUT2D eigenvalue weighted by atomic mass is 16.5. The Bertz CT molecular complexity index is 703. The molecule has 0 bridgehead atoms. The summed E-state index contributed by atoms with van der Waals surface area (Å²) in [5, 5.41) is 9.46. The number of allylic oxidation sites excluding steroid dienone is 1. The molecule has 0 saturated carbocycles. The molecular formula is C20H22O2. The van der Waals surface area contributed by atoms with E-state index in [0.717, 1.165) is 24.2 Å². The molecule has 0 amide bonds. The average Bonchev–Trinajstić information content (AvgIpc) is 2.45. The lowest BCUT2D eigenvalue weighted by atomic mass is 9.87. The Labute approximate surface area is 132 Å². The van der Waals surface area contributed by atoms with Crippen LogP contribution in [0, 0.1) is 0 Å². The lowest BCUT2D eigenvalue weighted by molar-refractivity contribution is 0.131. The summed E-state index contributed by atoms with van der Waals surface area (Å²) in [7, 11) is 0. The second-order valence-corrected chi connectivity index (χ2v) is 6.74. The minimum absolute atomic E-state index is 0.182. The summed E-state index contributed by atoms with van der Waals surface area (Å²) in [5.74, 6) is 1.23. The minimum atomic E-state index is -0.182. The molecule has 2 aromatic carbocycles. The number of phenolic OH excluding ortho intramolecular Hbond substituents is 1. The smallest absolute Gasteiger partial charge is 0.120 e. The van der Waals surface area contributed by atoms with Gasteiger partial charge in [0, 0.05) is 0 Å². The number of ether oxygens (including phenoxy) is 1. The first kappa shape index (κ1) is 14.7. The summed E-state index contributed by atoms with van der Waals surface area (Å²) < 4.78 is 5.97. The monoisotopic (exact) mass is 294 g/mol. The van der Waals surface area contributed by atoms with Gasteiger partial charge in [-0.15, -0.1) is 0 Å². The Morgan fingerprint density at radius 3 is 2.41 bits per heavy atom. The summed E-state index contributed by atoms with van der Waals surface area (Å²) >= 11 is 0. The van der Waals surface area contributed by atoms with Crippen LogP contribution >= 0.6 is 0 Å². The van der Waals surface area contributed by atoms with Crippen molar-refractivity contribution in [3.63, 3.8) is 0 Å². The Kier molecular flexibility index (Phi) is 3.69. The number of hydrogen-bond donors (Lipinski definition) is 1. The van der Waals surface area contributed by atoms with E-state index < -0.39 is 0 Å². The molecule has 0 radical (unpaired) electrons. The highest BCUT2D eigenvalue weighted by molar-refractivity contribution is 5.83. The molecular weight excluding hydrogens is 272 g/mol. The lowest BCUT2D eigenvalue weighted by Crippen LogP contribution is -2.23. The van der Waals surface area contributed by atoms with Gasteiger partial charge in [-0.2, -0.15) is 0 Å². The molecule has 0 unspecified atom stereocenters. The normalized spacial score (nSPS) is 14.2. The molecule has 2 nitrogen and oxygen atoms in total. The van der Waals surface area contributed by atoms with E-state index in [-0.39, 0.29) is 5.60 Å². The third-order valence-electron chi connectivity index (χ3n) is 3.73. The van der Waals surface area contributed by atoms with Crippen LogP contribution in [0.3, 0.4) is 0 Å². The van der Waals surface area contributed by atoms with Gasteiger partial charge >= 0.3 is 0 Å². The third kappa shape index (κ3) is 3.16. The first-order chi connectivity index (χ1) is 10.4. The maximum Gasteiger partial charge on any atom is 0.120 e. The van der Waals surface area contributed by atoms with Crippen LogP contribution in [0.1, 0.15) is 43.9 Å². The standard InChI is InChI=1S/C20H22O2/c1-20(2,3)22-17-11-12-19-15(13-17)5-4-6-18(19)14-7-9-16(21)10-8-14/h6-13,21H,4-5H2,1-3H3. The van der Waals surface area contributed by atoms with Crippen LogP contribution < -0.4 is 4.74 Å². The van der Waals surface area contributed by atoms with Crippen LogP contribution in [-0.2, 0) is 6.42 Å². The van der Waals surface area contributed by atoms with Crippen LogP contribution in [0.25, 0.3) is 5.57 Å². The highest BCUT2D eigenvalue weighted by Gasteiger charge is 2.17. The topological polar surface area (TPSA) is 29.5 Å². The average molecular weight is 294 g/mol. The zero-order chi connectivity index (χ0) is 15.7. The fraction of sp³-hybridized carbons (Fsp3) is 0.300. The first-order valence-corrected chi connectivity index (χ1v) is 7.74. The van der Waals surface area contributed by atoms with E-state index in [1.54, 1.807) is 12.1 Å². The van der Waals surface area contributed by atoms with Crippen LogP contribution in [0.4, 0.5) is 0 Å². The molecule has 0 aliphatic heterocycles. The van der Waals surface area contributed by atoms with E-state index in [0.29, 0.717) is 5.75 Å². The van der Waals surface area contributed by atoms with Crippen LogP contribution in [0.5, 0.6) is 11.5 Å². The Hall–Kier alpha value is -2.22. The number of aromatic hydroxyl groups is 1. The predicted molar refractivity (Wildman–Crippen MR) is 90.3 cm³/mol. The quantitative estimate of drug-likeness (QED) is 0.849. The van der Waals surface area contributed by atoms with Crippen molar-refractivity contribution in [3.8, 4) is 11.5 Å². The van der Waals surface area contributed by atoms with Gasteiger partial charge in [-0.3, -0.25) is 0 Å². The number of rotatable bonds is 2. The lowest BCUT2D eigenvalue weighted by Gasteiger charge is -2.24. The van der Waals surface area contributed by atoms with Crippen LogP contribution in [0.15, 0.2) is 48.5 Å². The molecule has 2 aromatic rings. The minimum Gasteiger partial charge on any atom is -0.508 e. The second-order valence-electron chi connectivity index (χ2n) is 6.74. The van der Waals surface area contributed by atoms with E-state index in [1.807, 2.05) is 18.2 Å². The van der Waals surface area contributed by atoms with Crippen molar-refractivity contribution < 1.29 is 9.84 Å². The Morgan fingerprint density at radius 1 is 1.00 bits per heavy atom. The third-order valence-corrected chi connectivity index (χ3v) is 3.73. The van der Waals surface area contributed by atoms with Crippen LogP contribution in [0.2, 0.25) is 0 Å². The molecule has 0 fully saturated rings. The summed E-state index contributed by atoms with van der Waals surface area (Å²) in [6, 6.07) is 13.8. The molecule has 0 atom stereocenters. The number of phenols is 1. The molecule has 0 saturated heterocycles. The molecule has 22 heavy (non-hydrogen) atoms. The van der Waals surface area contributed by atoms with Crippen molar-refractivity contribution in [2.75, 3.05) is 0 Å². The van der Waals surface area contributed by atoms with Gasteiger partial charge in [0.25, 0.3) is 0 Å². The van der Waals surface area contributed by atoms with Gasteiger partial charge < -0.3 is 9.84 Å². The molecule has 114 valence electrons. The van der Waals surface area contributed by atoms with E-state index in [9.17, 15) is 5.11 Å². The van der Waals surface area contributed by atoms with E-state index in [4.69, 9.17) is 4.74 Å².